The maximum atomic E-state index is 5.28. The van der Waals surface area contributed by atoms with Gasteiger partial charge in [-0.05, 0) is 113 Å². The predicted molar refractivity (Wildman–Crippen MR) is 185 cm³/mol. The van der Waals surface area contributed by atoms with E-state index in [0.717, 1.165) is 48.5 Å². The van der Waals surface area contributed by atoms with Gasteiger partial charge in [0.2, 0.25) is 0 Å². The zero-order valence-corrected chi connectivity index (χ0v) is 32.6. The van der Waals surface area contributed by atoms with Crippen molar-refractivity contribution in [1.82, 2.24) is 4.98 Å². The van der Waals surface area contributed by atoms with Gasteiger partial charge in [0.05, 0.1) is 34.2 Å². The van der Waals surface area contributed by atoms with E-state index in [2.05, 4.69) is 97.9 Å². The Morgan fingerprint density at radius 2 is 0.826 bits per heavy atom. The Balaban J connectivity index is 0. The molecule has 0 N–H and O–H groups in total. The van der Waals surface area contributed by atoms with Crippen molar-refractivity contribution in [2.24, 2.45) is 9.98 Å². The summed E-state index contributed by atoms with van der Waals surface area (Å²) < 4.78 is 0. The minimum Gasteiger partial charge on any atom is -1.00 e. The molecule has 1 heterocycles. The van der Waals surface area contributed by atoms with Crippen LogP contribution in [-0.2, 0) is 42.5 Å². The first kappa shape index (κ1) is 46.4. The summed E-state index contributed by atoms with van der Waals surface area (Å²) in [6.07, 6.45) is 13.7. The van der Waals surface area contributed by atoms with Gasteiger partial charge in [0, 0.05) is 0 Å². The van der Waals surface area contributed by atoms with Crippen LogP contribution in [0.15, 0.2) is 52.4 Å². The Morgan fingerprint density at radius 3 is 1.09 bits per heavy atom. The Hall–Kier alpha value is -1.69. The van der Waals surface area contributed by atoms with Gasteiger partial charge in [-0.2, -0.15) is 0 Å². The molecule has 0 unspecified atom stereocenters. The van der Waals surface area contributed by atoms with E-state index in [1.54, 1.807) is 0 Å². The fourth-order valence-electron chi connectivity index (χ4n) is 5.67. The minimum atomic E-state index is 0. The van der Waals surface area contributed by atoms with E-state index in [0.29, 0.717) is 0 Å². The van der Waals surface area contributed by atoms with Crippen molar-refractivity contribution in [1.29, 1.82) is 0 Å². The number of pyridine rings is 1. The summed E-state index contributed by atoms with van der Waals surface area (Å²) in [5, 5.41) is 0. The zero-order chi connectivity index (χ0) is 30.5. The number of unbranched alkanes of at least 4 members (excludes halogenated alkanes) is 4. The van der Waals surface area contributed by atoms with Gasteiger partial charge in [0.15, 0.2) is 0 Å². The molecule has 0 saturated carbocycles. The van der Waals surface area contributed by atoms with Crippen molar-refractivity contribution in [3.05, 3.63) is 87.2 Å². The van der Waals surface area contributed by atoms with E-state index in [4.69, 9.17) is 15.0 Å². The molecule has 0 saturated heterocycles. The van der Waals surface area contributed by atoms with Gasteiger partial charge in [-0.3, -0.25) is 9.98 Å². The molecule has 256 valence electrons. The molecule has 2 aromatic carbocycles. The van der Waals surface area contributed by atoms with Crippen molar-refractivity contribution in [2.75, 3.05) is 0 Å². The molecule has 7 heteroatoms. The van der Waals surface area contributed by atoms with E-state index >= 15 is 0 Å². The summed E-state index contributed by atoms with van der Waals surface area (Å²) in [6.45, 7) is 17.7. The molecule has 0 aliphatic rings. The standard InChI is InChI=1S/C39H55N3.3ClH.Co/c1-9-13-18-32-24-28(5)25-33(19-14-10-2)38(32)40-30(7)36-22-17-23-37(42-36)31(8)41-39-34(20-15-11-3)26-29(6)27-35(39)21-16-12-4;;;;/h17,22-27H,9-16,18-21H2,1-8H3;3*1H;/q;;;;+3/p-3. The molecule has 0 aliphatic heterocycles. The van der Waals surface area contributed by atoms with E-state index in [-0.39, 0.29) is 54.0 Å². The van der Waals surface area contributed by atoms with Crippen molar-refractivity contribution in [3.8, 4) is 0 Å². The van der Waals surface area contributed by atoms with E-state index in [9.17, 15) is 0 Å². The fraction of sp³-hybridized carbons (Fsp3) is 0.513. The summed E-state index contributed by atoms with van der Waals surface area (Å²) in [5.74, 6) is 0. The zero-order valence-electron chi connectivity index (χ0n) is 29.3. The second-order valence-electron chi connectivity index (χ2n) is 12.1. The van der Waals surface area contributed by atoms with Crippen LogP contribution < -0.4 is 37.2 Å². The number of hydrogen-bond donors (Lipinski definition) is 0. The first-order valence-corrected chi connectivity index (χ1v) is 16.6. The number of aliphatic imine (C=N–C) groups is 2. The number of hydrogen-bond acceptors (Lipinski definition) is 3. The molecular formula is C39H55Cl3CoN3. The van der Waals surface area contributed by atoms with E-state index < -0.39 is 0 Å². The molecule has 0 spiro atoms. The van der Waals surface area contributed by atoms with Crippen molar-refractivity contribution in [3.63, 3.8) is 0 Å². The van der Waals surface area contributed by atoms with Crippen LogP contribution in [0, 0.1) is 13.8 Å². The average Bonchev–Trinajstić information content (AvgIpc) is 2.98. The Morgan fingerprint density at radius 1 is 0.543 bits per heavy atom. The summed E-state index contributed by atoms with van der Waals surface area (Å²) in [5.41, 5.74) is 14.3. The Kier molecular flexibility index (Phi) is 24.7. The molecule has 0 radical (unpaired) electrons. The topological polar surface area (TPSA) is 37.6 Å². The average molecular weight is 731 g/mol. The predicted octanol–water partition coefficient (Wildman–Crippen LogP) is 2.36. The van der Waals surface area contributed by atoms with Crippen LogP contribution in [0.2, 0.25) is 0 Å². The third-order valence-electron chi connectivity index (χ3n) is 8.07. The van der Waals surface area contributed by atoms with Gasteiger partial charge in [-0.15, -0.1) is 0 Å². The molecule has 3 rings (SSSR count). The largest absolute Gasteiger partial charge is 3.00 e. The van der Waals surface area contributed by atoms with Gasteiger partial charge < -0.3 is 37.2 Å². The molecule has 46 heavy (non-hydrogen) atoms. The summed E-state index contributed by atoms with van der Waals surface area (Å²) >= 11 is 0. The number of aromatic nitrogens is 1. The van der Waals surface area contributed by atoms with Crippen molar-refractivity contribution in [2.45, 2.75) is 132 Å². The van der Waals surface area contributed by atoms with Crippen LogP contribution in [0.5, 0.6) is 0 Å². The quantitative estimate of drug-likeness (QED) is 0.209. The van der Waals surface area contributed by atoms with Crippen LogP contribution in [-0.4, -0.2) is 16.4 Å². The molecule has 3 nitrogen and oxygen atoms in total. The van der Waals surface area contributed by atoms with Gasteiger partial charge >= 0.3 is 16.8 Å². The Labute approximate surface area is 309 Å². The third kappa shape index (κ3) is 13.8. The van der Waals surface area contributed by atoms with Gasteiger partial charge in [-0.1, -0.05) is 94.8 Å². The maximum Gasteiger partial charge on any atom is 3.00 e. The number of aryl methyl sites for hydroxylation is 6. The molecule has 1 aromatic heterocycles. The summed E-state index contributed by atoms with van der Waals surface area (Å²) in [4.78, 5) is 15.7. The third-order valence-corrected chi connectivity index (χ3v) is 8.07. The SMILES string of the molecule is CCCCc1cc(C)cc(CCCC)c1N=C(C)c1cccc(C(C)=Nc2c(CCCC)cc(C)cc2CCCC)n1.[Cl-].[Cl-].[Cl-].[Co+3]. The maximum absolute atomic E-state index is 5.28. The van der Waals surface area contributed by atoms with Crippen LogP contribution in [0.4, 0.5) is 11.4 Å². The molecule has 0 bridgehead atoms. The number of halogens is 3. The minimum absolute atomic E-state index is 0. The van der Waals surface area contributed by atoms with Gasteiger partial charge in [0.25, 0.3) is 0 Å². The molecule has 0 amide bonds. The van der Waals surface area contributed by atoms with Crippen molar-refractivity contribution >= 4 is 22.8 Å². The second kappa shape index (κ2) is 24.4. The fourth-order valence-corrected chi connectivity index (χ4v) is 5.67. The Bertz CT molecular complexity index is 1230. The van der Waals surface area contributed by atoms with E-state index in [1.807, 2.05) is 0 Å². The van der Waals surface area contributed by atoms with E-state index in [1.165, 1.54) is 96.1 Å². The van der Waals surface area contributed by atoms with Crippen LogP contribution in [0.1, 0.15) is 138 Å². The van der Waals surface area contributed by atoms with Crippen molar-refractivity contribution < 1.29 is 54.0 Å². The van der Waals surface area contributed by atoms with Crippen LogP contribution in [0.25, 0.3) is 0 Å². The van der Waals surface area contributed by atoms with Gasteiger partial charge in [-0.25, -0.2) is 4.98 Å². The normalized spacial score (nSPS) is 11.2. The number of nitrogens with zero attached hydrogens (tertiary/aromatic N) is 3. The number of rotatable bonds is 16. The molecule has 0 fully saturated rings. The first-order valence-electron chi connectivity index (χ1n) is 16.6. The molecule has 3 aromatic rings. The summed E-state index contributed by atoms with van der Waals surface area (Å²) in [6, 6.07) is 15.6. The second-order valence-corrected chi connectivity index (χ2v) is 12.1. The summed E-state index contributed by atoms with van der Waals surface area (Å²) in [7, 11) is 0. The smallest absolute Gasteiger partial charge is 1.00 e. The molecule has 0 atom stereocenters. The monoisotopic (exact) mass is 729 g/mol. The molecular weight excluding hydrogens is 676 g/mol. The first-order chi connectivity index (χ1) is 20.3. The molecule has 0 aliphatic carbocycles. The van der Waals surface area contributed by atoms with Crippen LogP contribution in [0.3, 0.4) is 0 Å². The van der Waals surface area contributed by atoms with Gasteiger partial charge in [0.1, 0.15) is 0 Å². The number of benzene rings is 2. The van der Waals surface area contributed by atoms with Crippen LogP contribution >= 0.6 is 0 Å².